The molecular weight excluding hydrogens is 444 g/mol. The van der Waals surface area contributed by atoms with Crippen molar-refractivity contribution < 1.29 is 13.2 Å². The first kappa shape index (κ1) is 16.6. The Morgan fingerprint density at radius 1 is 1.24 bits per heavy atom. The van der Waals surface area contributed by atoms with E-state index in [0.29, 0.717) is 4.88 Å². The second-order valence-electron chi connectivity index (χ2n) is 3.89. The summed E-state index contributed by atoms with van der Waals surface area (Å²) in [4.78, 5) is 12.7. The van der Waals surface area contributed by atoms with E-state index >= 15 is 0 Å². The van der Waals surface area contributed by atoms with Gasteiger partial charge in [-0.25, -0.2) is 13.1 Å². The van der Waals surface area contributed by atoms with Crippen molar-refractivity contribution in [3.63, 3.8) is 0 Å². The molecule has 1 aromatic carbocycles. The number of hydrogen-bond acceptors (Lipinski definition) is 4. The van der Waals surface area contributed by atoms with Crippen LogP contribution in [0.15, 0.2) is 43.5 Å². The topological polar surface area (TPSA) is 75.3 Å². The van der Waals surface area contributed by atoms with Gasteiger partial charge >= 0.3 is 0 Å². The minimum absolute atomic E-state index is 0.0236. The van der Waals surface area contributed by atoms with Crippen LogP contribution in [0, 0.1) is 0 Å². The molecule has 0 saturated carbocycles. The molecule has 112 valence electrons. The smallest absolute Gasteiger partial charge is 0.265 e. The minimum atomic E-state index is -3.64. The Labute approximate surface area is 143 Å². The van der Waals surface area contributed by atoms with Gasteiger partial charge in [0.1, 0.15) is 4.90 Å². The zero-order valence-corrected chi connectivity index (χ0v) is 15.5. The number of benzene rings is 1. The molecule has 1 amide bonds. The summed E-state index contributed by atoms with van der Waals surface area (Å²) in [5.41, 5.74) is 0.234. The van der Waals surface area contributed by atoms with Crippen molar-refractivity contribution in [1.29, 1.82) is 0 Å². The zero-order chi connectivity index (χ0) is 15.6. The highest BCUT2D eigenvalue weighted by Crippen LogP contribution is 2.33. The van der Waals surface area contributed by atoms with E-state index in [9.17, 15) is 13.2 Å². The molecule has 9 heteroatoms. The number of para-hydroxylation sites is 1. The molecule has 1 heterocycles. The lowest BCUT2D eigenvalue weighted by atomic mass is 10.3. The number of rotatable bonds is 4. The third kappa shape index (κ3) is 3.72. The van der Waals surface area contributed by atoms with Crippen LogP contribution in [0.2, 0.25) is 0 Å². The van der Waals surface area contributed by atoms with Gasteiger partial charge in [0.05, 0.1) is 14.4 Å². The van der Waals surface area contributed by atoms with Gasteiger partial charge in [0, 0.05) is 4.47 Å². The van der Waals surface area contributed by atoms with Crippen LogP contribution in [0.4, 0.5) is 5.69 Å². The standard InChI is InChI=1S/C12H10Br2N2O3S2/c1-15-21(18,19)10-5-3-2-4-8(10)16-12(17)9-6-7(13)11(14)20-9/h2-6,15H,1H3,(H,16,17). The molecule has 21 heavy (non-hydrogen) atoms. The summed E-state index contributed by atoms with van der Waals surface area (Å²) in [7, 11) is -2.32. The maximum absolute atomic E-state index is 12.2. The molecule has 0 unspecified atom stereocenters. The first-order valence-electron chi connectivity index (χ1n) is 5.64. The highest BCUT2D eigenvalue weighted by molar-refractivity contribution is 9.13. The van der Waals surface area contributed by atoms with Gasteiger partial charge in [0.15, 0.2) is 0 Å². The summed E-state index contributed by atoms with van der Waals surface area (Å²) in [6.07, 6.45) is 0. The number of hydrogen-bond donors (Lipinski definition) is 2. The Kier molecular flexibility index (Phi) is 5.20. The van der Waals surface area contributed by atoms with Gasteiger partial charge in [0.25, 0.3) is 5.91 Å². The van der Waals surface area contributed by atoms with Gasteiger partial charge in [0.2, 0.25) is 10.0 Å². The van der Waals surface area contributed by atoms with E-state index in [-0.39, 0.29) is 16.5 Å². The van der Waals surface area contributed by atoms with Crippen molar-refractivity contribution in [1.82, 2.24) is 4.72 Å². The monoisotopic (exact) mass is 452 g/mol. The van der Waals surface area contributed by atoms with Gasteiger partial charge in [-0.1, -0.05) is 12.1 Å². The molecule has 0 atom stereocenters. The lowest BCUT2D eigenvalue weighted by molar-refractivity contribution is 0.103. The maximum Gasteiger partial charge on any atom is 0.265 e. The molecule has 2 rings (SSSR count). The van der Waals surface area contributed by atoms with Crippen LogP contribution < -0.4 is 10.0 Å². The summed E-state index contributed by atoms with van der Waals surface area (Å²) in [6.45, 7) is 0. The van der Waals surface area contributed by atoms with Crippen LogP contribution >= 0.6 is 43.2 Å². The minimum Gasteiger partial charge on any atom is -0.320 e. The summed E-state index contributed by atoms with van der Waals surface area (Å²) >= 11 is 7.87. The van der Waals surface area contributed by atoms with Gasteiger partial charge in [-0.05, 0) is 57.1 Å². The fourth-order valence-corrected chi connectivity index (χ4v) is 4.37. The van der Waals surface area contributed by atoms with Crippen molar-refractivity contribution in [2.24, 2.45) is 0 Å². The van der Waals surface area contributed by atoms with Gasteiger partial charge in [-0.3, -0.25) is 4.79 Å². The molecule has 0 spiro atoms. The second kappa shape index (κ2) is 6.57. The molecule has 0 aliphatic heterocycles. The predicted molar refractivity (Wildman–Crippen MR) is 90.4 cm³/mol. The van der Waals surface area contributed by atoms with Crippen LogP contribution in [0.5, 0.6) is 0 Å². The third-order valence-electron chi connectivity index (χ3n) is 2.56. The number of nitrogens with one attached hydrogen (secondary N) is 2. The molecule has 0 radical (unpaired) electrons. The number of anilines is 1. The zero-order valence-electron chi connectivity index (χ0n) is 10.7. The number of sulfonamides is 1. The molecule has 0 aliphatic rings. The number of thiophene rings is 1. The fourth-order valence-electron chi connectivity index (χ4n) is 1.56. The SMILES string of the molecule is CNS(=O)(=O)c1ccccc1NC(=O)c1cc(Br)c(Br)s1. The van der Waals surface area contributed by atoms with E-state index in [2.05, 4.69) is 41.9 Å². The number of carbonyl (C=O) groups excluding carboxylic acids is 1. The van der Waals surface area contributed by atoms with E-state index in [1.54, 1.807) is 24.3 Å². The van der Waals surface area contributed by atoms with Crippen LogP contribution in [-0.4, -0.2) is 21.4 Å². The average molecular weight is 454 g/mol. The number of halogens is 2. The van der Waals surface area contributed by atoms with E-state index in [1.165, 1.54) is 24.5 Å². The van der Waals surface area contributed by atoms with Crippen molar-refractivity contribution in [3.8, 4) is 0 Å². The summed E-state index contributed by atoms with van der Waals surface area (Å²) in [6, 6.07) is 7.89. The predicted octanol–water partition coefficient (Wildman–Crippen LogP) is 3.43. The Hall–Kier alpha value is -0.740. The van der Waals surface area contributed by atoms with Crippen molar-refractivity contribution in [3.05, 3.63) is 43.5 Å². The molecular formula is C12H10Br2N2O3S2. The Bertz CT molecular complexity index is 768. The van der Waals surface area contributed by atoms with Crippen molar-refractivity contribution >= 4 is 64.8 Å². The van der Waals surface area contributed by atoms with Gasteiger partial charge in [-0.15, -0.1) is 11.3 Å². The Morgan fingerprint density at radius 2 is 1.90 bits per heavy atom. The van der Waals surface area contributed by atoms with Crippen LogP contribution in [0.25, 0.3) is 0 Å². The van der Waals surface area contributed by atoms with E-state index in [4.69, 9.17) is 0 Å². The number of carbonyl (C=O) groups is 1. The Morgan fingerprint density at radius 3 is 2.48 bits per heavy atom. The van der Waals surface area contributed by atoms with Crippen LogP contribution in [0.1, 0.15) is 9.67 Å². The second-order valence-corrected chi connectivity index (χ2v) is 8.97. The lowest BCUT2D eigenvalue weighted by Gasteiger charge is -2.10. The number of amides is 1. The van der Waals surface area contributed by atoms with Crippen molar-refractivity contribution in [2.75, 3.05) is 12.4 Å². The molecule has 5 nitrogen and oxygen atoms in total. The van der Waals surface area contributed by atoms with Gasteiger partial charge < -0.3 is 5.32 Å². The molecule has 2 N–H and O–H groups in total. The van der Waals surface area contributed by atoms with E-state index in [0.717, 1.165) is 8.26 Å². The summed E-state index contributed by atoms with van der Waals surface area (Å²) < 4.78 is 27.6. The van der Waals surface area contributed by atoms with Crippen LogP contribution in [0.3, 0.4) is 0 Å². The van der Waals surface area contributed by atoms with Crippen molar-refractivity contribution in [2.45, 2.75) is 4.90 Å². The third-order valence-corrected chi connectivity index (χ3v) is 7.29. The summed E-state index contributed by atoms with van der Waals surface area (Å²) in [5.74, 6) is -0.370. The molecule has 0 bridgehead atoms. The Balaban J connectivity index is 2.34. The quantitative estimate of drug-likeness (QED) is 0.744. The molecule has 0 saturated heterocycles. The lowest BCUT2D eigenvalue weighted by Crippen LogP contribution is -2.21. The average Bonchev–Trinajstić information content (AvgIpc) is 2.79. The summed E-state index contributed by atoms with van der Waals surface area (Å²) in [5, 5.41) is 2.62. The van der Waals surface area contributed by atoms with E-state index < -0.39 is 10.0 Å². The van der Waals surface area contributed by atoms with Gasteiger partial charge in [-0.2, -0.15) is 0 Å². The molecule has 2 aromatic rings. The normalized spacial score (nSPS) is 11.4. The highest BCUT2D eigenvalue weighted by atomic mass is 79.9. The molecule has 1 aromatic heterocycles. The van der Waals surface area contributed by atoms with E-state index in [1.807, 2.05) is 0 Å². The molecule has 0 fully saturated rings. The molecule has 0 aliphatic carbocycles. The fraction of sp³-hybridized carbons (Fsp3) is 0.0833. The van der Waals surface area contributed by atoms with Crippen LogP contribution in [-0.2, 0) is 10.0 Å². The highest BCUT2D eigenvalue weighted by Gasteiger charge is 2.19. The largest absolute Gasteiger partial charge is 0.320 e. The first-order chi connectivity index (χ1) is 9.85. The first-order valence-corrected chi connectivity index (χ1v) is 9.52. The maximum atomic E-state index is 12.2.